The second-order valence-electron chi connectivity index (χ2n) is 6.38. The molecule has 1 heterocycles. The van der Waals surface area contributed by atoms with Gasteiger partial charge in [-0.1, -0.05) is 0 Å². The minimum atomic E-state index is -0.632. The van der Waals surface area contributed by atoms with Crippen LogP contribution in [0.15, 0.2) is 39.4 Å². The molecule has 0 aliphatic carbocycles. The summed E-state index contributed by atoms with van der Waals surface area (Å²) < 4.78 is 32.3. The van der Waals surface area contributed by atoms with Gasteiger partial charge in [-0.3, -0.25) is 4.79 Å². The van der Waals surface area contributed by atoms with E-state index in [1.165, 1.54) is 41.4 Å². The topological polar surface area (TPSA) is 102 Å². The Hall–Kier alpha value is -3.53. The van der Waals surface area contributed by atoms with E-state index in [4.69, 9.17) is 28.4 Å². The second-order valence-corrected chi connectivity index (χ2v) is 7.23. The molecule has 168 valence electrons. The molecular formula is C22H20BrNO8. The summed E-state index contributed by atoms with van der Waals surface area (Å²) in [6, 6.07) is 6.53. The summed E-state index contributed by atoms with van der Waals surface area (Å²) in [5.74, 6) is 0.703. The van der Waals surface area contributed by atoms with Crippen molar-refractivity contribution >= 4 is 39.8 Å². The fourth-order valence-corrected chi connectivity index (χ4v) is 3.50. The Kier molecular flexibility index (Phi) is 7.04. The number of rotatable bonds is 7. The third-order valence-corrected chi connectivity index (χ3v) is 4.92. The van der Waals surface area contributed by atoms with E-state index in [1.54, 1.807) is 24.3 Å². The lowest BCUT2D eigenvalue weighted by atomic mass is 10.1. The summed E-state index contributed by atoms with van der Waals surface area (Å²) >= 11 is 3.35. The van der Waals surface area contributed by atoms with Crippen molar-refractivity contribution in [3.8, 4) is 28.7 Å². The maximum atomic E-state index is 12.4. The molecule has 1 aliphatic heterocycles. The number of aliphatic imine (C=N–C) groups is 1. The van der Waals surface area contributed by atoms with Gasteiger partial charge in [0.15, 0.2) is 28.7 Å². The van der Waals surface area contributed by atoms with Gasteiger partial charge in [0.2, 0.25) is 11.6 Å². The fraction of sp³-hybridized carbons (Fsp3) is 0.227. The second kappa shape index (κ2) is 9.73. The van der Waals surface area contributed by atoms with Crippen molar-refractivity contribution in [3.05, 3.63) is 45.6 Å². The largest absolute Gasteiger partial charge is 0.493 e. The lowest BCUT2D eigenvalue weighted by molar-refractivity contribution is -0.132. The maximum Gasteiger partial charge on any atom is 0.363 e. The molecule has 9 nitrogen and oxygen atoms in total. The molecule has 10 heteroatoms. The van der Waals surface area contributed by atoms with Crippen molar-refractivity contribution in [3.63, 3.8) is 0 Å². The molecule has 0 bridgehead atoms. The SMILES string of the molecule is COc1cc(/C=C2\N=C(c3cc(OC)c(OC)c(OC)c3)OC2=O)cc(Br)c1OC(C)=O. The lowest BCUT2D eigenvalue weighted by Gasteiger charge is -2.13. The molecule has 0 unspecified atom stereocenters. The number of carbonyl (C=O) groups is 2. The molecule has 0 radical (unpaired) electrons. The van der Waals surface area contributed by atoms with Crippen molar-refractivity contribution in [1.82, 2.24) is 0 Å². The third kappa shape index (κ3) is 4.70. The Bertz CT molecular complexity index is 1110. The van der Waals surface area contributed by atoms with Crippen LogP contribution in [0.3, 0.4) is 0 Å². The number of hydrogen-bond acceptors (Lipinski definition) is 9. The molecule has 0 N–H and O–H groups in total. The molecule has 2 aromatic rings. The summed E-state index contributed by atoms with van der Waals surface area (Å²) in [5, 5.41) is 0. The first-order chi connectivity index (χ1) is 15.3. The molecule has 0 atom stereocenters. The number of nitrogens with zero attached hydrogens (tertiary/aromatic N) is 1. The highest BCUT2D eigenvalue weighted by atomic mass is 79.9. The molecule has 0 fully saturated rings. The molecule has 0 saturated heterocycles. The number of ether oxygens (including phenoxy) is 6. The minimum Gasteiger partial charge on any atom is -0.493 e. The van der Waals surface area contributed by atoms with Gasteiger partial charge in [-0.05, 0) is 51.8 Å². The van der Waals surface area contributed by atoms with Crippen molar-refractivity contribution in [2.24, 2.45) is 4.99 Å². The first kappa shape index (κ1) is 23.1. The van der Waals surface area contributed by atoms with Crippen LogP contribution in [0.1, 0.15) is 18.1 Å². The van der Waals surface area contributed by atoms with Gasteiger partial charge in [0.1, 0.15) is 0 Å². The number of cyclic esters (lactones) is 1. The number of carbonyl (C=O) groups excluding carboxylic acids is 2. The first-order valence-electron chi connectivity index (χ1n) is 9.20. The first-order valence-corrected chi connectivity index (χ1v) is 9.99. The highest BCUT2D eigenvalue weighted by Crippen LogP contribution is 2.40. The minimum absolute atomic E-state index is 0.0722. The zero-order chi connectivity index (χ0) is 23.4. The van der Waals surface area contributed by atoms with Crippen molar-refractivity contribution in [1.29, 1.82) is 0 Å². The van der Waals surface area contributed by atoms with Crippen LogP contribution < -0.4 is 23.7 Å². The van der Waals surface area contributed by atoms with E-state index in [-0.39, 0.29) is 17.3 Å². The van der Waals surface area contributed by atoms with Crippen molar-refractivity contribution in [2.45, 2.75) is 6.92 Å². The number of hydrogen-bond donors (Lipinski definition) is 0. The van der Waals surface area contributed by atoms with Crippen LogP contribution in [0, 0.1) is 0 Å². The Balaban J connectivity index is 2.01. The summed E-state index contributed by atoms with van der Waals surface area (Å²) in [4.78, 5) is 28.1. The number of methoxy groups -OCH3 is 4. The monoisotopic (exact) mass is 505 g/mol. The fourth-order valence-electron chi connectivity index (χ4n) is 2.96. The van der Waals surface area contributed by atoms with Crippen LogP contribution in [0.25, 0.3) is 6.08 Å². The summed E-state index contributed by atoms with van der Waals surface area (Å²) in [6.45, 7) is 1.29. The van der Waals surface area contributed by atoms with E-state index >= 15 is 0 Å². The average Bonchev–Trinajstić information content (AvgIpc) is 3.14. The molecule has 1 aliphatic rings. The van der Waals surface area contributed by atoms with Gasteiger partial charge in [-0.15, -0.1) is 0 Å². The molecule has 0 spiro atoms. The molecule has 32 heavy (non-hydrogen) atoms. The van der Waals surface area contributed by atoms with Gasteiger partial charge in [0.05, 0.1) is 32.9 Å². The highest BCUT2D eigenvalue weighted by Gasteiger charge is 2.27. The third-order valence-electron chi connectivity index (χ3n) is 4.33. The van der Waals surface area contributed by atoms with E-state index in [1.807, 2.05) is 0 Å². The van der Waals surface area contributed by atoms with E-state index in [2.05, 4.69) is 20.9 Å². The van der Waals surface area contributed by atoms with Crippen LogP contribution in [-0.4, -0.2) is 46.3 Å². The number of benzene rings is 2. The normalized spacial score (nSPS) is 14.0. The highest BCUT2D eigenvalue weighted by molar-refractivity contribution is 9.10. The molecule has 2 aromatic carbocycles. The molecule has 0 amide bonds. The maximum absolute atomic E-state index is 12.4. The standard InChI is InChI=1S/C22H20BrNO8/c1-11(25)31-19-14(23)6-12(8-16(19)27-2)7-15-22(26)32-21(24-15)13-9-17(28-3)20(30-5)18(10-13)29-4/h6-10H,1-5H3/b15-7-. The van der Waals surface area contributed by atoms with Gasteiger partial charge in [-0.25, -0.2) is 9.79 Å². The lowest BCUT2D eigenvalue weighted by Crippen LogP contribution is -2.07. The molecule has 0 aromatic heterocycles. The van der Waals surface area contributed by atoms with E-state index in [0.717, 1.165) is 0 Å². The Morgan fingerprint density at radius 3 is 2.06 bits per heavy atom. The smallest absolute Gasteiger partial charge is 0.363 e. The average molecular weight is 506 g/mol. The van der Waals surface area contributed by atoms with Gasteiger partial charge in [-0.2, -0.15) is 0 Å². The Labute approximate surface area is 192 Å². The van der Waals surface area contributed by atoms with Crippen LogP contribution >= 0.6 is 15.9 Å². The van der Waals surface area contributed by atoms with Gasteiger partial charge < -0.3 is 28.4 Å². The molecular weight excluding hydrogens is 486 g/mol. The quantitative estimate of drug-likeness (QED) is 0.318. The zero-order valence-electron chi connectivity index (χ0n) is 18.0. The van der Waals surface area contributed by atoms with Crippen molar-refractivity contribution < 1.29 is 38.0 Å². The van der Waals surface area contributed by atoms with Crippen LogP contribution in [0.5, 0.6) is 28.7 Å². The Morgan fingerprint density at radius 1 is 0.938 bits per heavy atom. The summed E-state index contributed by atoms with van der Waals surface area (Å²) in [5.41, 5.74) is 1.12. The van der Waals surface area contributed by atoms with Crippen LogP contribution in [-0.2, 0) is 14.3 Å². The van der Waals surface area contributed by atoms with E-state index in [9.17, 15) is 9.59 Å². The summed E-state index contributed by atoms with van der Waals surface area (Å²) in [6.07, 6.45) is 1.53. The molecule has 0 saturated carbocycles. The van der Waals surface area contributed by atoms with Crippen molar-refractivity contribution in [2.75, 3.05) is 28.4 Å². The predicted molar refractivity (Wildman–Crippen MR) is 119 cm³/mol. The van der Waals surface area contributed by atoms with Gasteiger partial charge >= 0.3 is 11.9 Å². The van der Waals surface area contributed by atoms with Crippen LogP contribution in [0.2, 0.25) is 0 Å². The molecule has 3 rings (SSSR count). The van der Waals surface area contributed by atoms with Gasteiger partial charge in [0, 0.05) is 12.5 Å². The van der Waals surface area contributed by atoms with Crippen LogP contribution in [0.4, 0.5) is 0 Å². The summed E-state index contributed by atoms with van der Waals surface area (Å²) in [7, 11) is 5.91. The predicted octanol–water partition coefficient (Wildman–Crippen LogP) is 3.75. The number of halogens is 1. The number of esters is 2. The van der Waals surface area contributed by atoms with E-state index in [0.29, 0.717) is 38.6 Å². The Morgan fingerprint density at radius 2 is 1.53 bits per heavy atom. The van der Waals surface area contributed by atoms with Gasteiger partial charge in [0.25, 0.3) is 0 Å². The van der Waals surface area contributed by atoms with E-state index < -0.39 is 11.9 Å². The zero-order valence-corrected chi connectivity index (χ0v) is 19.6.